The fourth-order valence-electron chi connectivity index (χ4n) is 3.64. The van der Waals surface area contributed by atoms with E-state index in [4.69, 9.17) is 4.74 Å². The summed E-state index contributed by atoms with van der Waals surface area (Å²) < 4.78 is 5.88. The van der Waals surface area contributed by atoms with Gasteiger partial charge in [0, 0.05) is 55.8 Å². The monoisotopic (exact) mass is 427 g/mol. The second-order valence-electron chi connectivity index (χ2n) is 7.23. The molecule has 1 aliphatic heterocycles. The number of ether oxygens (including phenoxy) is 1. The Morgan fingerprint density at radius 3 is 2.80 bits per heavy atom. The largest absolute Gasteiger partial charge is 0.492 e. The number of nitrogens with zero attached hydrogens (tertiary/aromatic N) is 2. The van der Waals surface area contributed by atoms with Crippen molar-refractivity contribution >= 4 is 29.0 Å². The van der Waals surface area contributed by atoms with Crippen LogP contribution in [0.3, 0.4) is 0 Å². The zero-order valence-corrected chi connectivity index (χ0v) is 18.9. The molecule has 5 nitrogen and oxygen atoms in total. The van der Waals surface area contributed by atoms with E-state index in [1.54, 1.807) is 0 Å². The van der Waals surface area contributed by atoms with Crippen molar-refractivity contribution in [1.29, 1.82) is 0 Å². The van der Waals surface area contributed by atoms with Gasteiger partial charge in [-0.05, 0) is 50.3 Å². The van der Waals surface area contributed by atoms with Gasteiger partial charge in [0.1, 0.15) is 12.4 Å². The Hall–Kier alpha value is -2.18. The molecule has 0 spiro atoms. The lowest BCUT2D eigenvalue weighted by atomic mass is 10.2. The van der Waals surface area contributed by atoms with Crippen LogP contribution < -0.4 is 19.9 Å². The van der Waals surface area contributed by atoms with Crippen molar-refractivity contribution in [2.24, 2.45) is 0 Å². The lowest BCUT2D eigenvalue weighted by molar-refractivity contribution is -0.118. The minimum Gasteiger partial charge on any atom is -0.492 e. The number of carbonyl (C=O) groups is 1. The Kier molecular flexibility index (Phi) is 8.90. The van der Waals surface area contributed by atoms with Gasteiger partial charge in [-0.3, -0.25) is 4.79 Å². The molecular weight excluding hydrogens is 394 g/mol. The number of rotatable bonds is 10. The summed E-state index contributed by atoms with van der Waals surface area (Å²) in [6.07, 6.45) is 1.52. The highest BCUT2D eigenvalue weighted by molar-refractivity contribution is 7.99. The number of amides is 1. The number of hydrogen-bond acceptors (Lipinski definition) is 5. The smallest absolute Gasteiger partial charge is 0.228 e. The number of benzene rings is 2. The van der Waals surface area contributed by atoms with Crippen LogP contribution in [-0.4, -0.2) is 51.0 Å². The van der Waals surface area contributed by atoms with Gasteiger partial charge in [-0.25, -0.2) is 0 Å². The minimum absolute atomic E-state index is 0.185. The number of nitrogens with one attached hydrogen (secondary N) is 1. The van der Waals surface area contributed by atoms with Crippen LogP contribution in [0.4, 0.5) is 11.4 Å². The van der Waals surface area contributed by atoms with Gasteiger partial charge >= 0.3 is 0 Å². The lowest BCUT2D eigenvalue weighted by Crippen LogP contribution is -2.34. The predicted molar refractivity (Wildman–Crippen MR) is 127 cm³/mol. The van der Waals surface area contributed by atoms with E-state index < -0.39 is 0 Å². The van der Waals surface area contributed by atoms with Gasteiger partial charge in [-0.15, -0.1) is 11.8 Å². The first-order chi connectivity index (χ1) is 14.7. The maximum Gasteiger partial charge on any atom is 0.228 e. The first kappa shape index (κ1) is 22.5. The van der Waals surface area contributed by atoms with Crippen molar-refractivity contribution in [1.82, 2.24) is 5.32 Å². The molecule has 2 aromatic rings. The Balaban J connectivity index is 1.40. The maximum absolute atomic E-state index is 12.8. The first-order valence-electron chi connectivity index (χ1n) is 10.9. The number of para-hydroxylation sites is 1. The van der Waals surface area contributed by atoms with Crippen LogP contribution in [0.1, 0.15) is 26.7 Å². The predicted octanol–water partition coefficient (Wildman–Crippen LogP) is 4.42. The van der Waals surface area contributed by atoms with E-state index >= 15 is 0 Å². The molecule has 1 amide bonds. The topological polar surface area (TPSA) is 44.8 Å². The van der Waals surface area contributed by atoms with Crippen molar-refractivity contribution < 1.29 is 9.53 Å². The highest BCUT2D eigenvalue weighted by Gasteiger charge is 2.20. The van der Waals surface area contributed by atoms with Crippen molar-refractivity contribution in [3.05, 3.63) is 48.5 Å². The molecule has 0 aliphatic carbocycles. The normalized spacial score (nSPS) is 13.5. The molecule has 0 fully saturated rings. The van der Waals surface area contributed by atoms with Crippen molar-refractivity contribution in [2.45, 2.75) is 31.6 Å². The molecule has 0 unspecified atom stereocenters. The minimum atomic E-state index is 0.185. The molecular formula is C24H33N3O2S. The summed E-state index contributed by atoms with van der Waals surface area (Å²) in [5.41, 5.74) is 2.24. The van der Waals surface area contributed by atoms with Crippen LogP contribution in [0.15, 0.2) is 53.4 Å². The van der Waals surface area contributed by atoms with E-state index in [1.807, 2.05) is 40.9 Å². The van der Waals surface area contributed by atoms with E-state index in [2.05, 4.69) is 48.3 Å². The van der Waals surface area contributed by atoms with Crippen LogP contribution in [0, 0.1) is 0 Å². The highest BCUT2D eigenvalue weighted by atomic mass is 32.2. The number of thioether (sulfide) groups is 1. The average Bonchev–Trinajstić information content (AvgIpc) is 3.00. The van der Waals surface area contributed by atoms with Crippen LogP contribution in [0.5, 0.6) is 5.75 Å². The molecule has 0 atom stereocenters. The van der Waals surface area contributed by atoms with Gasteiger partial charge in [-0.2, -0.15) is 0 Å². The molecule has 30 heavy (non-hydrogen) atoms. The summed E-state index contributed by atoms with van der Waals surface area (Å²) in [5.74, 6) is 2.13. The Morgan fingerprint density at radius 2 is 1.97 bits per heavy atom. The van der Waals surface area contributed by atoms with E-state index in [1.165, 1.54) is 10.6 Å². The molecule has 2 aromatic carbocycles. The van der Waals surface area contributed by atoms with Gasteiger partial charge in [-0.1, -0.05) is 18.2 Å². The first-order valence-corrected chi connectivity index (χ1v) is 11.9. The molecule has 162 valence electrons. The number of hydrogen-bond donors (Lipinski definition) is 1. The average molecular weight is 428 g/mol. The zero-order chi connectivity index (χ0) is 21.2. The zero-order valence-electron chi connectivity index (χ0n) is 18.1. The van der Waals surface area contributed by atoms with E-state index in [0.29, 0.717) is 19.6 Å². The third-order valence-corrected chi connectivity index (χ3v) is 6.40. The standard InChI is InChI=1S/C24H33N3O2S/c1-3-26(4-2)20-9-7-10-21(19-20)29-17-15-25-14-13-24(28)27-16-8-18-30-23-12-6-5-11-22(23)27/h5-7,9-12,19,25H,3-4,8,13-18H2,1-2H3. The number of fused-ring (bicyclic) bond motifs is 1. The summed E-state index contributed by atoms with van der Waals surface area (Å²) in [4.78, 5) is 18.2. The fourth-order valence-corrected chi connectivity index (χ4v) is 4.64. The third-order valence-electron chi connectivity index (χ3n) is 5.25. The van der Waals surface area contributed by atoms with E-state index in [-0.39, 0.29) is 5.91 Å². The van der Waals surface area contributed by atoms with Crippen molar-refractivity contribution in [3.8, 4) is 5.75 Å². The van der Waals surface area contributed by atoms with Crippen molar-refractivity contribution in [3.63, 3.8) is 0 Å². The summed E-state index contributed by atoms with van der Waals surface area (Å²) in [6, 6.07) is 16.4. The Morgan fingerprint density at radius 1 is 1.13 bits per heavy atom. The molecule has 1 N–H and O–H groups in total. The maximum atomic E-state index is 12.8. The molecule has 0 aromatic heterocycles. The number of anilines is 2. The van der Waals surface area contributed by atoms with Crippen LogP contribution >= 0.6 is 11.8 Å². The van der Waals surface area contributed by atoms with E-state index in [9.17, 15) is 4.79 Å². The highest BCUT2D eigenvalue weighted by Crippen LogP contribution is 2.33. The molecule has 3 rings (SSSR count). The summed E-state index contributed by atoms with van der Waals surface area (Å²) >= 11 is 1.84. The third kappa shape index (κ3) is 6.16. The van der Waals surface area contributed by atoms with Crippen molar-refractivity contribution in [2.75, 3.05) is 54.9 Å². The van der Waals surface area contributed by atoms with Gasteiger partial charge in [0.25, 0.3) is 0 Å². The quantitative estimate of drug-likeness (QED) is 0.569. The fraction of sp³-hybridized carbons (Fsp3) is 0.458. The van der Waals surface area contributed by atoms with Gasteiger partial charge in [0.15, 0.2) is 0 Å². The molecule has 0 bridgehead atoms. The molecule has 1 heterocycles. The summed E-state index contributed by atoms with van der Waals surface area (Å²) in [7, 11) is 0. The van der Waals surface area contributed by atoms with E-state index in [0.717, 1.165) is 49.8 Å². The second-order valence-corrected chi connectivity index (χ2v) is 8.37. The van der Waals surface area contributed by atoms with Gasteiger partial charge in [0.2, 0.25) is 5.91 Å². The number of carbonyl (C=O) groups excluding carboxylic acids is 1. The summed E-state index contributed by atoms with van der Waals surface area (Å²) in [6.45, 7) is 9.04. The summed E-state index contributed by atoms with van der Waals surface area (Å²) in [5, 5.41) is 3.34. The SMILES string of the molecule is CCN(CC)c1cccc(OCCNCCC(=O)N2CCCSc3ccccc32)c1. The molecule has 0 saturated carbocycles. The Bertz CT molecular complexity index is 811. The second kappa shape index (κ2) is 11.9. The van der Waals surface area contributed by atoms with Crippen LogP contribution in [0.25, 0.3) is 0 Å². The van der Waals surface area contributed by atoms with Gasteiger partial charge in [0.05, 0.1) is 5.69 Å². The molecule has 1 aliphatic rings. The molecule has 0 radical (unpaired) electrons. The van der Waals surface area contributed by atoms with Gasteiger partial charge < -0.3 is 19.9 Å². The molecule has 0 saturated heterocycles. The lowest BCUT2D eigenvalue weighted by Gasteiger charge is -2.22. The van der Waals surface area contributed by atoms with Crippen LogP contribution in [-0.2, 0) is 4.79 Å². The Labute approximate surface area is 184 Å². The van der Waals surface area contributed by atoms with Crippen LogP contribution in [0.2, 0.25) is 0 Å². The molecule has 6 heteroatoms.